The first-order chi connectivity index (χ1) is 12.1. The third-order valence-electron chi connectivity index (χ3n) is 3.96. The number of nitrogens with one attached hydrogen (secondary N) is 1. The molecule has 0 atom stereocenters. The Hall–Kier alpha value is -2.95. The molecule has 1 aromatic carbocycles. The lowest BCUT2D eigenvalue weighted by Gasteiger charge is -2.14. The summed E-state index contributed by atoms with van der Waals surface area (Å²) in [6.07, 6.45) is 3.36. The summed E-state index contributed by atoms with van der Waals surface area (Å²) < 4.78 is 1.63. The summed E-state index contributed by atoms with van der Waals surface area (Å²) in [4.78, 5) is 29.6. The van der Waals surface area contributed by atoms with Gasteiger partial charge in [-0.2, -0.15) is 0 Å². The maximum absolute atomic E-state index is 12.7. The number of carbonyl (C=O) groups is 1. The Morgan fingerprint density at radius 2 is 1.84 bits per heavy atom. The fourth-order valence-corrected chi connectivity index (χ4v) is 2.82. The zero-order chi connectivity index (χ0) is 17.8. The molecule has 3 rings (SSSR count). The average molecular weight is 335 g/mol. The van der Waals surface area contributed by atoms with Crippen LogP contribution in [0.4, 0.5) is 0 Å². The van der Waals surface area contributed by atoms with Crippen LogP contribution >= 0.6 is 0 Å². The molecule has 3 aromatic rings. The quantitative estimate of drug-likeness (QED) is 0.779. The van der Waals surface area contributed by atoms with Crippen LogP contribution in [0.15, 0.2) is 59.7 Å². The van der Waals surface area contributed by atoms with Crippen molar-refractivity contribution in [2.75, 3.05) is 0 Å². The number of aromatic nitrogens is 2. The second-order valence-corrected chi connectivity index (χ2v) is 6.44. The number of fused-ring (bicyclic) bond motifs is 1. The normalized spacial score (nSPS) is 11.0. The van der Waals surface area contributed by atoms with E-state index in [1.54, 1.807) is 23.0 Å². The van der Waals surface area contributed by atoms with Gasteiger partial charge in [0.1, 0.15) is 0 Å². The molecular weight excluding hydrogens is 314 g/mol. The number of carbonyl (C=O) groups excluding carboxylic acids is 1. The Balaban J connectivity index is 1.97. The molecule has 5 heteroatoms. The zero-order valence-electron chi connectivity index (χ0n) is 14.4. The predicted molar refractivity (Wildman–Crippen MR) is 98.5 cm³/mol. The fraction of sp³-hybridized carbons (Fsp3) is 0.250. The van der Waals surface area contributed by atoms with Gasteiger partial charge in [-0.15, -0.1) is 0 Å². The summed E-state index contributed by atoms with van der Waals surface area (Å²) in [7, 11) is 0. The van der Waals surface area contributed by atoms with E-state index in [1.807, 2.05) is 50.2 Å². The number of hydrogen-bond acceptors (Lipinski definition) is 3. The van der Waals surface area contributed by atoms with E-state index in [9.17, 15) is 9.59 Å². The van der Waals surface area contributed by atoms with Crippen LogP contribution in [0.1, 0.15) is 29.9 Å². The molecule has 0 aliphatic carbocycles. The van der Waals surface area contributed by atoms with Crippen molar-refractivity contribution < 1.29 is 4.79 Å². The molecule has 0 aliphatic rings. The van der Waals surface area contributed by atoms with Crippen LogP contribution in [0.3, 0.4) is 0 Å². The van der Waals surface area contributed by atoms with Crippen molar-refractivity contribution in [3.05, 3.63) is 76.5 Å². The van der Waals surface area contributed by atoms with Crippen molar-refractivity contribution in [1.82, 2.24) is 14.9 Å². The smallest absolute Gasteiger partial charge is 0.258 e. The molecule has 0 radical (unpaired) electrons. The molecule has 25 heavy (non-hydrogen) atoms. The van der Waals surface area contributed by atoms with Crippen molar-refractivity contribution in [3.63, 3.8) is 0 Å². The van der Waals surface area contributed by atoms with E-state index >= 15 is 0 Å². The van der Waals surface area contributed by atoms with Gasteiger partial charge in [-0.05, 0) is 24.1 Å². The van der Waals surface area contributed by atoms with Gasteiger partial charge in [0, 0.05) is 29.7 Å². The molecule has 0 saturated carbocycles. The maximum atomic E-state index is 12.7. The third kappa shape index (κ3) is 3.76. The molecule has 0 saturated heterocycles. The number of nitrogens with zero attached hydrogens (tertiary/aromatic N) is 2. The molecule has 0 fully saturated rings. The Labute approximate surface area is 146 Å². The van der Waals surface area contributed by atoms with E-state index in [0.29, 0.717) is 35.3 Å². The SMILES string of the molecule is CC(C)Cn1cc(C(=O)NCc2ccccn2)c2ccccc2c1=O. The predicted octanol–water partition coefficient (Wildman–Crippen LogP) is 2.98. The van der Waals surface area contributed by atoms with Crippen molar-refractivity contribution >= 4 is 16.7 Å². The number of hydrogen-bond donors (Lipinski definition) is 1. The van der Waals surface area contributed by atoms with Crippen LogP contribution in [0.25, 0.3) is 10.8 Å². The molecule has 2 heterocycles. The number of pyridine rings is 2. The third-order valence-corrected chi connectivity index (χ3v) is 3.96. The molecule has 0 aliphatic heterocycles. The second kappa shape index (κ2) is 7.30. The van der Waals surface area contributed by atoms with Gasteiger partial charge in [-0.1, -0.05) is 38.1 Å². The van der Waals surface area contributed by atoms with Gasteiger partial charge in [0.05, 0.1) is 17.8 Å². The Bertz CT molecular complexity index is 946. The first-order valence-electron chi connectivity index (χ1n) is 8.36. The van der Waals surface area contributed by atoms with E-state index in [-0.39, 0.29) is 11.5 Å². The highest BCUT2D eigenvalue weighted by molar-refractivity contribution is 6.06. The van der Waals surface area contributed by atoms with Crippen LogP contribution in [-0.2, 0) is 13.1 Å². The summed E-state index contributed by atoms with van der Waals surface area (Å²) in [6, 6.07) is 12.8. The number of rotatable bonds is 5. The molecule has 5 nitrogen and oxygen atoms in total. The van der Waals surface area contributed by atoms with Crippen molar-refractivity contribution in [1.29, 1.82) is 0 Å². The van der Waals surface area contributed by atoms with Crippen LogP contribution in [0.5, 0.6) is 0 Å². The second-order valence-electron chi connectivity index (χ2n) is 6.44. The molecule has 0 bridgehead atoms. The topological polar surface area (TPSA) is 64.0 Å². The van der Waals surface area contributed by atoms with Gasteiger partial charge < -0.3 is 9.88 Å². The molecule has 0 spiro atoms. The standard InChI is InChI=1S/C20H21N3O2/c1-14(2)12-23-13-18(16-8-3-4-9-17(16)20(23)25)19(24)22-11-15-7-5-6-10-21-15/h3-10,13-14H,11-12H2,1-2H3,(H,22,24). The fourth-order valence-electron chi connectivity index (χ4n) is 2.82. The first-order valence-corrected chi connectivity index (χ1v) is 8.36. The van der Waals surface area contributed by atoms with Crippen molar-refractivity contribution in [2.24, 2.45) is 5.92 Å². The van der Waals surface area contributed by atoms with E-state index in [4.69, 9.17) is 0 Å². The highest BCUT2D eigenvalue weighted by atomic mass is 16.2. The lowest BCUT2D eigenvalue weighted by Crippen LogP contribution is -2.28. The maximum Gasteiger partial charge on any atom is 0.258 e. The van der Waals surface area contributed by atoms with Gasteiger partial charge in [0.25, 0.3) is 11.5 Å². The zero-order valence-corrected chi connectivity index (χ0v) is 14.4. The monoisotopic (exact) mass is 335 g/mol. The van der Waals surface area contributed by atoms with Gasteiger partial charge >= 0.3 is 0 Å². The summed E-state index contributed by atoms with van der Waals surface area (Å²) >= 11 is 0. The largest absolute Gasteiger partial charge is 0.346 e. The van der Waals surface area contributed by atoms with Crippen LogP contribution in [0.2, 0.25) is 0 Å². The Kier molecular flexibility index (Phi) is 4.93. The van der Waals surface area contributed by atoms with Crippen molar-refractivity contribution in [2.45, 2.75) is 26.9 Å². The van der Waals surface area contributed by atoms with E-state index in [0.717, 1.165) is 5.69 Å². The summed E-state index contributed by atoms with van der Waals surface area (Å²) in [5.41, 5.74) is 1.23. The number of benzene rings is 1. The van der Waals surface area contributed by atoms with E-state index in [2.05, 4.69) is 10.3 Å². The van der Waals surface area contributed by atoms with E-state index < -0.39 is 0 Å². The highest BCUT2D eigenvalue weighted by Crippen LogP contribution is 2.16. The molecule has 1 amide bonds. The van der Waals surface area contributed by atoms with Crippen LogP contribution < -0.4 is 10.9 Å². The summed E-state index contributed by atoms with van der Waals surface area (Å²) in [6.45, 7) is 5.01. The highest BCUT2D eigenvalue weighted by Gasteiger charge is 2.15. The molecular formula is C20H21N3O2. The molecule has 2 aromatic heterocycles. The Morgan fingerprint density at radius 3 is 2.52 bits per heavy atom. The minimum absolute atomic E-state index is 0.0643. The molecule has 128 valence electrons. The Morgan fingerprint density at radius 1 is 1.12 bits per heavy atom. The summed E-state index contributed by atoms with van der Waals surface area (Å²) in [5.74, 6) is 0.0997. The van der Waals surface area contributed by atoms with Crippen molar-refractivity contribution in [3.8, 4) is 0 Å². The minimum Gasteiger partial charge on any atom is -0.346 e. The van der Waals surface area contributed by atoms with Crippen LogP contribution in [-0.4, -0.2) is 15.5 Å². The lowest BCUT2D eigenvalue weighted by atomic mass is 10.1. The van der Waals surface area contributed by atoms with Gasteiger partial charge in [0.15, 0.2) is 0 Å². The van der Waals surface area contributed by atoms with Crippen LogP contribution in [0, 0.1) is 5.92 Å². The van der Waals surface area contributed by atoms with Gasteiger partial charge in [-0.3, -0.25) is 14.6 Å². The molecule has 0 unspecified atom stereocenters. The lowest BCUT2D eigenvalue weighted by molar-refractivity contribution is 0.0951. The number of amides is 1. The molecule has 1 N–H and O–H groups in total. The van der Waals surface area contributed by atoms with Gasteiger partial charge in [0.2, 0.25) is 0 Å². The first kappa shape index (κ1) is 16.9. The average Bonchev–Trinajstić information content (AvgIpc) is 2.62. The van der Waals surface area contributed by atoms with E-state index in [1.165, 1.54) is 0 Å². The summed E-state index contributed by atoms with van der Waals surface area (Å²) in [5, 5.41) is 4.13. The minimum atomic E-state index is -0.209. The van der Waals surface area contributed by atoms with Gasteiger partial charge in [-0.25, -0.2) is 0 Å².